The van der Waals surface area contributed by atoms with E-state index in [-0.39, 0.29) is 30.9 Å². The van der Waals surface area contributed by atoms with Crippen molar-refractivity contribution in [3.05, 3.63) is 65.0 Å². The minimum atomic E-state index is -3.31. The Bertz CT molecular complexity index is 1210. The van der Waals surface area contributed by atoms with Gasteiger partial charge in [0.2, 0.25) is 5.91 Å². The average Bonchev–Trinajstić information content (AvgIpc) is 3.05. The van der Waals surface area contributed by atoms with Gasteiger partial charge in [0, 0.05) is 6.42 Å². The summed E-state index contributed by atoms with van der Waals surface area (Å²) in [4.78, 5) is 28.6. The van der Waals surface area contributed by atoms with Crippen molar-refractivity contribution in [1.82, 2.24) is 4.57 Å². The molecule has 1 amide bonds. The highest BCUT2D eigenvalue weighted by atomic mass is 32.2. The predicted octanol–water partition coefficient (Wildman–Crippen LogP) is 2.70. The van der Waals surface area contributed by atoms with Crippen molar-refractivity contribution in [2.75, 3.05) is 12.9 Å². The van der Waals surface area contributed by atoms with E-state index in [0.717, 1.165) is 15.8 Å². The van der Waals surface area contributed by atoms with Crippen LogP contribution in [0.2, 0.25) is 0 Å². The van der Waals surface area contributed by atoms with Crippen LogP contribution in [0.1, 0.15) is 18.4 Å². The molecule has 0 radical (unpaired) electrons. The molecule has 0 aliphatic heterocycles. The molecule has 0 N–H and O–H groups in total. The van der Waals surface area contributed by atoms with Crippen LogP contribution in [0, 0.1) is 0 Å². The molecule has 0 saturated heterocycles. The molecule has 0 spiro atoms. The number of benzene rings is 2. The fourth-order valence-electron chi connectivity index (χ4n) is 2.96. The third kappa shape index (κ3) is 5.87. The molecule has 30 heavy (non-hydrogen) atoms. The summed E-state index contributed by atoms with van der Waals surface area (Å²) in [5, 5.41) is 0. The number of nitrogens with zero attached hydrogens (tertiary/aromatic N) is 2. The predicted molar refractivity (Wildman–Crippen MR) is 116 cm³/mol. The van der Waals surface area contributed by atoms with Gasteiger partial charge in [-0.3, -0.25) is 9.59 Å². The zero-order valence-corrected chi connectivity index (χ0v) is 18.1. The van der Waals surface area contributed by atoms with Crippen LogP contribution >= 0.6 is 11.3 Å². The van der Waals surface area contributed by atoms with Gasteiger partial charge in [0.1, 0.15) is 6.54 Å². The van der Waals surface area contributed by atoms with E-state index in [4.69, 9.17) is 4.74 Å². The number of thiazole rings is 1. The second-order valence-electron chi connectivity index (χ2n) is 6.70. The molecule has 0 saturated carbocycles. The Morgan fingerprint density at radius 3 is 2.50 bits per heavy atom. The quantitative estimate of drug-likeness (QED) is 0.496. The maximum Gasteiger partial charge on any atom is 0.325 e. The molecule has 0 atom stereocenters. The summed E-state index contributed by atoms with van der Waals surface area (Å²) < 4.78 is 31.8. The number of carbonyl (C=O) groups excluding carboxylic acids is 2. The molecule has 9 heteroatoms. The number of rotatable bonds is 8. The highest BCUT2D eigenvalue weighted by molar-refractivity contribution is 7.90. The third-order valence-corrected chi connectivity index (χ3v) is 7.14. The Morgan fingerprint density at radius 2 is 1.77 bits per heavy atom. The van der Waals surface area contributed by atoms with Crippen LogP contribution < -0.4 is 4.80 Å². The maximum atomic E-state index is 12.4. The molecule has 2 aromatic carbocycles. The number of aromatic nitrogens is 1. The highest BCUT2D eigenvalue weighted by Crippen LogP contribution is 2.17. The number of carbonyl (C=O) groups is 2. The van der Waals surface area contributed by atoms with Crippen LogP contribution in [-0.4, -0.2) is 37.7 Å². The minimum Gasteiger partial charge on any atom is -0.468 e. The first-order valence-corrected chi connectivity index (χ1v) is 12.0. The van der Waals surface area contributed by atoms with Crippen molar-refractivity contribution in [3.63, 3.8) is 0 Å². The molecule has 0 aliphatic carbocycles. The van der Waals surface area contributed by atoms with Crippen LogP contribution in [0.25, 0.3) is 10.2 Å². The van der Waals surface area contributed by atoms with Gasteiger partial charge in [-0.25, -0.2) is 8.42 Å². The summed E-state index contributed by atoms with van der Waals surface area (Å²) >= 11 is 1.29. The van der Waals surface area contributed by atoms with Crippen molar-refractivity contribution < 1.29 is 22.7 Å². The number of methoxy groups -OCH3 is 1. The zero-order valence-electron chi connectivity index (χ0n) is 16.5. The number of esters is 1. The van der Waals surface area contributed by atoms with Crippen LogP contribution in [0.4, 0.5) is 0 Å². The highest BCUT2D eigenvalue weighted by Gasteiger charge is 2.14. The number of para-hydroxylation sites is 1. The van der Waals surface area contributed by atoms with E-state index in [9.17, 15) is 18.0 Å². The lowest BCUT2D eigenvalue weighted by Gasteiger charge is -2.04. The van der Waals surface area contributed by atoms with E-state index in [1.165, 1.54) is 18.4 Å². The molecule has 0 unspecified atom stereocenters. The number of fused-ring (bicyclic) bond motifs is 1. The lowest BCUT2D eigenvalue weighted by atomic mass is 10.2. The SMILES string of the molecule is COC(=O)Cn1c(=NC(=O)CCCS(=O)(=O)Cc2ccccc2)sc2ccccc21. The summed E-state index contributed by atoms with van der Waals surface area (Å²) in [5.41, 5.74) is 1.51. The van der Waals surface area contributed by atoms with E-state index in [2.05, 4.69) is 4.99 Å². The summed E-state index contributed by atoms with van der Waals surface area (Å²) in [5.74, 6) is -0.999. The Morgan fingerprint density at radius 1 is 1.07 bits per heavy atom. The first kappa shape index (κ1) is 21.9. The van der Waals surface area contributed by atoms with E-state index < -0.39 is 21.7 Å². The van der Waals surface area contributed by atoms with E-state index in [0.29, 0.717) is 4.80 Å². The van der Waals surface area contributed by atoms with E-state index >= 15 is 0 Å². The molecular weight excluding hydrogens is 424 g/mol. The van der Waals surface area contributed by atoms with E-state index in [1.807, 2.05) is 30.3 Å². The van der Waals surface area contributed by atoms with Gasteiger partial charge in [0.05, 0.1) is 28.8 Å². The first-order valence-electron chi connectivity index (χ1n) is 9.35. The largest absolute Gasteiger partial charge is 0.468 e. The van der Waals surface area contributed by atoms with Crippen molar-refractivity contribution in [2.24, 2.45) is 4.99 Å². The fourth-order valence-corrected chi connectivity index (χ4v) is 5.43. The van der Waals surface area contributed by atoms with Gasteiger partial charge >= 0.3 is 5.97 Å². The van der Waals surface area contributed by atoms with Crippen molar-refractivity contribution in [3.8, 4) is 0 Å². The third-order valence-electron chi connectivity index (χ3n) is 4.40. The summed E-state index contributed by atoms with van der Waals surface area (Å²) in [6.07, 6.45) is 0.208. The van der Waals surface area contributed by atoms with Gasteiger partial charge in [-0.05, 0) is 24.1 Å². The molecule has 3 aromatic rings. The van der Waals surface area contributed by atoms with Crippen molar-refractivity contribution in [2.45, 2.75) is 25.1 Å². The number of sulfone groups is 1. The Kier molecular flexibility index (Phi) is 7.17. The van der Waals surface area contributed by atoms with Gasteiger partial charge in [-0.1, -0.05) is 53.8 Å². The van der Waals surface area contributed by atoms with Gasteiger partial charge in [-0.15, -0.1) is 0 Å². The van der Waals surface area contributed by atoms with E-state index in [1.54, 1.807) is 28.8 Å². The first-order chi connectivity index (χ1) is 14.4. The fraction of sp³-hybridized carbons (Fsp3) is 0.286. The molecule has 158 valence electrons. The molecule has 1 heterocycles. The standard InChI is InChI=1S/C21H22N2O5S2/c1-28-20(25)14-23-17-10-5-6-11-18(17)29-21(23)22-19(24)12-7-13-30(26,27)15-16-8-3-2-4-9-16/h2-6,8-11H,7,12-15H2,1H3. The average molecular weight is 447 g/mol. The number of hydrogen-bond acceptors (Lipinski definition) is 6. The second kappa shape index (κ2) is 9.82. The molecule has 0 aliphatic rings. The zero-order chi connectivity index (χ0) is 21.6. The lowest BCUT2D eigenvalue weighted by Crippen LogP contribution is -2.22. The Balaban J connectivity index is 1.69. The summed E-state index contributed by atoms with van der Waals surface area (Å²) in [6, 6.07) is 16.4. The maximum absolute atomic E-state index is 12.4. The molecular formula is C21H22N2O5S2. The number of hydrogen-bond donors (Lipinski definition) is 0. The van der Waals surface area contributed by atoms with Crippen molar-refractivity contribution in [1.29, 1.82) is 0 Å². The minimum absolute atomic E-state index is 0.0144. The Hall–Kier alpha value is -2.78. The van der Waals surface area contributed by atoms with Gasteiger partial charge in [0.15, 0.2) is 14.6 Å². The van der Waals surface area contributed by atoms with Crippen LogP contribution in [0.5, 0.6) is 0 Å². The summed E-state index contributed by atoms with van der Waals surface area (Å²) in [7, 11) is -2.01. The van der Waals surface area contributed by atoms with Gasteiger partial charge in [0.25, 0.3) is 0 Å². The second-order valence-corrected chi connectivity index (χ2v) is 9.89. The molecule has 1 aromatic heterocycles. The van der Waals surface area contributed by atoms with Crippen LogP contribution in [-0.2, 0) is 36.5 Å². The molecule has 0 fully saturated rings. The van der Waals surface area contributed by atoms with Crippen LogP contribution in [0.3, 0.4) is 0 Å². The van der Waals surface area contributed by atoms with Crippen molar-refractivity contribution >= 4 is 43.3 Å². The number of ether oxygens (including phenoxy) is 1. The normalized spacial score (nSPS) is 12.2. The topological polar surface area (TPSA) is 94.8 Å². The van der Waals surface area contributed by atoms with Crippen LogP contribution in [0.15, 0.2) is 59.6 Å². The number of amides is 1. The molecule has 0 bridgehead atoms. The molecule has 7 nitrogen and oxygen atoms in total. The Labute approximate surface area is 178 Å². The van der Waals surface area contributed by atoms with Gasteiger partial charge in [-0.2, -0.15) is 4.99 Å². The smallest absolute Gasteiger partial charge is 0.325 e. The summed E-state index contributed by atoms with van der Waals surface area (Å²) in [6.45, 7) is -0.0575. The lowest BCUT2D eigenvalue weighted by molar-refractivity contribution is -0.141. The molecule has 3 rings (SSSR count). The van der Waals surface area contributed by atoms with Gasteiger partial charge < -0.3 is 9.30 Å². The monoisotopic (exact) mass is 446 g/mol.